The maximum atomic E-state index is 13.0. The van der Waals surface area contributed by atoms with Crippen molar-refractivity contribution in [1.82, 2.24) is 0 Å². The third-order valence-electron chi connectivity index (χ3n) is 4.99. The van der Waals surface area contributed by atoms with Crippen LogP contribution in [-0.2, 0) is 0 Å². The molecule has 0 aliphatic rings. The van der Waals surface area contributed by atoms with E-state index >= 15 is 0 Å². The quantitative estimate of drug-likeness (QED) is 0.280. The van der Waals surface area contributed by atoms with Crippen LogP contribution in [0, 0.1) is 6.92 Å². The van der Waals surface area contributed by atoms with Gasteiger partial charge in [0, 0.05) is 0 Å². The molecule has 0 aliphatic carbocycles. The number of aryl methyl sites for hydroxylation is 1. The van der Waals surface area contributed by atoms with Gasteiger partial charge in [0.1, 0.15) is 22.8 Å². The van der Waals surface area contributed by atoms with Crippen LogP contribution in [0.3, 0.4) is 0 Å². The zero-order valence-electron chi connectivity index (χ0n) is 17.9. The maximum absolute atomic E-state index is 13.0. The fourth-order valence-electron chi connectivity index (χ4n) is 3.44. The maximum Gasteiger partial charge on any atom is 0.205 e. The van der Waals surface area contributed by atoms with Crippen LogP contribution in [0.5, 0.6) is 28.7 Å². The van der Waals surface area contributed by atoms with Crippen molar-refractivity contribution in [2.75, 3.05) is 14.2 Å². The third-order valence-corrected chi connectivity index (χ3v) is 4.99. The molecule has 1 N–H and O–H groups in total. The highest BCUT2D eigenvalue weighted by Crippen LogP contribution is 2.45. The van der Waals surface area contributed by atoms with Gasteiger partial charge >= 0.3 is 0 Å². The number of carbonyl (C=O) groups excluding carboxylic acids is 1. The van der Waals surface area contributed by atoms with Crippen molar-refractivity contribution in [1.29, 1.82) is 0 Å². The van der Waals surface area contributed by atoms with Crippen LogP contribution in [0.4, 0.5) is 0 Å². The van der Waals surface area contributed by atoms with Crippen molar-refractivity contribution in [3.05, 3.63) is 83.6 Å². The summed E-state index contributed by atoms with van der Waals surface area (Å²) in [5, 5.41) is 11.2. The van der Waals surface area contributed by atoms with E-state index in [0.29, 0.717) is 16.7 Å². The number of hydrogen-bond donors (Lipinski definition) is 1. The molecular formula is C26H22O6. The van der Waals surface area contributed by atoms with Crippen LogP contribution in [0.15, 0.2) is 71.4 Å². The van der Waals surface area contributed by atoms with Crippen LogP contribution < -0.4 is 14.2 Å². The van der Waals surface area contributed by atoms with Crippen LogP contribution in [0.2, 0.25) is 0 Å². The number of ether oxygens (including phenoxy) is 3. The summed E-state index contributed by atoms with van der Waals surface area (Å²) < 4.78 is 21.9. The Morgan fingerprint density at radius 1 is 0.969 bits per heavy atom. The third kappa shape index (κ3) is 4.03. The van der Waals surface area contributed by atoms with E-state index in [9.17, 15) is 9.90 Å². The van der Waals surface area contributed by atoms with Crippen LogP contribution in [-0.4, -0.2) is 25.1 Å². The fourth-order valence-corrected chi connectivity index (χ4v) is 3.44. The molecule has 162 valence electrons. The van der Waals surface area contributed by atoms with Crippen LogP contribution in [0.1, 0.15) is 21.5 Å². The Hall–Kier alpha value is -4.19. The first-order valence-electron chi connectivity index (χ1n) is 9.93. The molecule has 0 aliphatic heterocycles. The number of rotatable bonds is 7. The Labute approximate surface area is 185 Å². The van der Waals surface area contributed by atoms with E-state index in [1.54, 1.807) is 12.1 Å². The first kappa shape index (κ1) is 21.1. The van der Waals surface area contributed by atoms with Gasteiger partial charge in [-0.25, -0.2) is 0 Å². The lowest BCUT2D eigenvalue weighted by Gasteiger charge is -2.13. The summed E-state index contributed by atoms with van der Waals surface area (Å²) in [5.74, 6) is 0.894. The van der Waals surface area contributed by atoms with E-state index < -0.39 is 5.78 Å². The molecule has 0 unspecified atom stereocenters. The molecule has 4 rings (SSSR count). The molecule has 4 aromatic rings. The van der Waals surface area contributed by atoms with Gasteiger partial charge in [-0.2, -0.15) is 0 Å². The Morgan fingerprint density at radius 3 is 2.44 bits per heavy atom. The molecule has 3 aromatic carbocycles. The van der Waals surface area contributed by atoms with Crippen LogP contribution >= 0.6 is 0 Å². The Balaban J connectivity index is 1.63. The monoisotopic (exact) mass is 430 g/mol. The van der Waals surface area contributed by atoms with Gasteiger partial charge in [-0.05, 0) is 48.9 Å². The summed E-state index contributed by atoms with van der Waals surface area (Å²) >= 11 is 0. The molecule has 0 fully saturated rings. The number of furan rings is 1. The number of methoxy groups -OCH3 is 2. The first-order chi connectivity index (χ1) is 15.5. The lowest BCUT2D eigenvalue weighted by molar-refractivity contribution is 0.104. The second kappa shape index (κ2) is 8.89. The van der Waals surface area contributed by atoms with E-state index in [0.717, 1.165) is 16.9 Å². The SMILES string of the molecule is COc1c(C(=O)C=Cc2cccc(Oc3ccc(C)cc3)c2)c(O)c(OC)c2occc12. The number of benzene rings is 3. The zero-order chi connectivity index (χ0) is 22.7. The predicted octanol–water partition coefficient (Wildman–Crippen LogP) is 6.15. The minimum Gasteiger partial charge on any atom is -0.504 e. The highest BCUT2D eigenvalue weighted by molar-refractivity contribution is 6.15. The number of carbonyl (C=O) groups is 1. The topological polar surface area (TPSA) is 78.1 Å². The van der Waals surface area contributed by atoms with Crippen molar-refractivity contribution in [3.8, 4) is 28.7 Å². The van der Waals surface area contributed by atoms with Crippen molar-refractivity contribution in [2.45, 2.75) is 6.92 Å². The average molecular weight is 430 g/mol. The average Bonchev–Trinajstić information content (AvgIpc) is 3.28. The van der Waals surface area contributed by atoms with Gasteiger partial charge in [-0.15, -0.1) is 0 Å². The molecule has 6 nitrogen and oxygen atoms in total. The summed E-state index contributed by atoms with van der Waals surface area (Å²) in [7, 11) is 2.83. The summed E-state index contributed by atoms with van der Waals surface area (Å²) in [6.45, 7) is 2.01. The molecule has 0 saturated carbocycles. The smallest absolute Gasteiger partial charge is 0.205 e. The molecule has 0 bridgehead atoms. The number of ketones is 1. The van der Waals surface area contributed by atoms with E-state index in [2.05, 4.69) is 0 Å². The molecule has 0 atom stereocenters. The summed E-state index contributed by atoms with van der Waals surface area (Å²) in [6, 6.07) is 16.8. The Kier molecular flexibility index (Phi) is 5.85. The van der Waals surface area contributed by atoms with E-state index in [-0.39, 0.29) is 22.8 Å². The second-order valence-corrected chi connectivity index (χ2v) is 7.14. The van der Waals surface area contributed by atoms with Gasteiger partial charge in [-0.1, -0.05) is 35.9 Å². The lowest BCUT2D eigenvalue weighted by atomic mass is 10.0. The largest absolute Gasteiger partial charge is 0.504 e. The summed E-state index contributed by atoms with van der Waals surface area (Å²) in [6.07, 6.45) is 4.46. The van der Waals surface area contributed by atoms with Crippen molar-refractivity contribution < 1.29 is 28.5 Å². The number of fused-ring (bicyclic) bond motifs is 1. The molecule has 0 amide bonds. The molecule has 1 heterocycles. The van der Waals surface area contributed by atoms with E-state index in [1.807, 2.05) is 55.5 Å². The number of phenolic OH excluding ortho intramolecular Hbond substituents is 1. The molecule has 0 saturated heterocycles. The normalized spacial score (nSPS) is 11.1. The number of allylic oxidation sites excluding steroid dienone is 1. The molecular weight excluding hydrogens is 408 g/mol. The summed E-state index contributed by atoms with van der Waals surface area (Å²) in [4.78, 5) is 13.0. The number of hydrogen-bond acceptors (Lipinski definition) is 6. The lowest BCUT2D eigenvalue weighted by Crippen LogP contribution is -2.02. The van der Waals surface area contributed by atoms with Crippen LogP contribution in [0.25, 0.3) is 17.0 Å². The molecule has 1 aromatic heterocycles. The van der Waals surface area contributed by atoms with E-state index in [1.165, 1.54) is 26.6 Å². The first-order valence-corrected chi connectivity index (χ1v) is 9.93. The van der Waals surface area contributed by atoms with Crippen molar-refractivity contribution in [3.63, 3.8) is 0 Å². The standard InChI is InChI=1S/C26H22O6/c1-16-7-10-18(11-8-16)32-19-6-4-5-17(15-19)9-12-21(27)22-23(28)26(30-3)25-20(13-14-31-25)24(22)29-2/h4-15,28H,1-3H3. The minimum atomic E-state index is -0.439. The van der Waals surface area contributed by atoms with Gasteiger partial charge in [0.15, 0.2) is 17.1 Å². The molecule has 6 heteroatoms. The minimum absolute atomic E-state index is 0.00144. The van der Waals surface area contributed by atoms with Gasteiger partial charge in [-0.3, -0.25) is 4.79 Å². The second-order valence-electron chi connectivity index (χ2n) is 7.14. The van der Waals surface area contributed by atoms with Gasteiger partial charge < -0.3 is 23.7 Å². The highest BCUT2D eigenvalue weighted by Gasteiger charge is 2.26. The Bertz CT molecular complexity index is 1300. The molecule has 32 heavy (non-hydrogen) atoms. The van der Waals surface area contributed by atoms with Gasteiger partial charge in [0.05, 0.1) is 25.9 Å². The molecule has 0 radical (unpaired) electrons. The predicted molar refractivity (Wildman–Crippen MR) is 122 cm³/mol. The van der Waals surface area contributed by atoms with E-state index in [4.69, 9.17) is 18.6 Å². The van der Waals surface area contributed by atoms with Crippen molar-refractivity contribution in [2.24, 2.45) is 0 Å². The van der Waals surface area contributed by atoms with Gasteiger partial charge in [0.25, 0.3) is 0 Å². The summed E-state index contributed by atoms with van der Waals surface area (Å²) in [5.41, 5.74) is 2.22. The highest BCUT2D eigenvalue weighted by atomic mass is 16.5. The number of aromatic hydroxyl groups is 1. The fraction of sp³-hybridized carbons (Fsp3) is 0.115. The Morgan fingerprint density at radius 2 is 1.72 bits per heavy atom. The van der Waals surface area contributed by atoms with Crippen molar-refractivity contribution >= 4 is 22.8 Å². The number of phenols is 1. The molecule has 0 spiro atoms. The van der Waals surface area contributed by atoms with Gasteiger partial charge in [0.2, 0.25) is 5.75 Å². The zero-order valence-corrected chi connectivity index (χ0v) is 17.9.